The van der Waals surface area contributed by atoms with Crippen molar-refractivity contribution in [2.75, 3.05) is 0 Å². The summed E-state index contributed by atoms with van der Waals surface area (Å²) in [6.07, 6.45) is 3.10. The molecule has 0 atom stereocenters. The predicted octanol–water partition coefficient (Wildman–Crippen LogP) is 2.53. The third-order valence-electron chi connectivity index (χ3n) is 2.33. The van der Waals surface area contributed by atoms with Crippen LogP contribution >= 0.6 is 0 Å². The Labute approximate surface area is 97.1 Å². The lowest BCUT2D eigenvalue weighted by atomic mass is 10.0. The Kier molecular flexibility index (Phi) is 2.79. The summed E-state index contributed by atoms with van der Waals surface area (Å²) < 4.78 is 0. The molecule has 82 valence electrons. The minimum Gasteiger partial charge on any atom is -0.264 e. The lowest BCUT2D eigenvalue weighted by Crippen LogP contribution is -1.89. The van der Waals surface area contributed by atoms with Crippen LogP contribution < -0.4 is 0 Å². The quantitative estimate of drug-likeness (QED) is 0.581. The Morgan fingerprint density at radius 3 is 2.53 bits per heavy atom. The van der Waals surface area contributed by atoms with E-state index in [4.69, 9.17) is 5.26 Å². The van der Waals surface area contributed by atoms with Gasteiger partial charge >= 0.3 is 0 Å². The molecule has 2 rings (SSSR count). The molecular weight excluding hydrogens is 218 g/mol. The van der Waals surface area contributed by atoms with E-state index in [9.17, 15) is 10.1 Å². The molecule has 0 aliphatic heterocycles. The van der Waals surface area contributed by atoms with E-state index in [0.29, 0.717) is 11.1 Å². The van der Waals surface area contributed by atoms with Crippen LogP contribution in [-0.4, -0.2) is 9.91 Å². The maximum atomic E-state index is 10.5. The Bertz CT molecular complexity index is 600. The monoisotopic (exact) mass is 225 g/mol. The van der Waals surface area contributed by atoms with Crippen LogP contribution in [0.5, 0.6) is 0 Å². The van der Waals surface area contributed by atoms with Crippen LogP contribution in [0.4, 0.5) is 5.69 Å². The van der Waals surface area contributed by atoms with Gasteiger partial charge in [0.2, 0.25) is 0 Å². The van der Waals surface area contributed by atoms with E-state index in [1.54, 1.807) is 24.4 Å². The van der Waals surface area contributed by atoms with Gasteiger partial charge in [-0.25, -0.2) is 0 Å². The minimum absolute atomic E-state index is 0.0242. The fourth-order valence-electron chi connectivity index (χ4n) is 1.48. The summed E-state index contributed by atoms with van der Waals surface area (Å²) in [5.74, 6) is 0. The van der Waals surface area contributed by atoms with Crippen LogP contribution in [0.2, 0.25) is 0 Å². The second kappa shape index (κ2) is 4.41. The molecule has 5 heteroatoms. The largest absolute Gasteiger partial charge is 0.269 e. The summed E-state index contributed by atoms with van der Waals surface area (Å²) in [5, 5.41) is 19.4. The van der Waals surface area contributed by atoms with Gasteiger partial charge in [0.15, 0.2) is 0 Å². The number of nitro groups is 1. The molecule has 0 fully saturated rings. The van der Waals surface area contributed by atoms with Gasteiger partial charge in [-0.3, -0.25) is 15.1 Å². The maximum absolute atomic E-state index is 10.5. The molecule has 0 aliphatic rings. The van der Waals surface area contributed by atoms with Crippen molar-refractivity contribution in [3.63, 3.8) is 0 Å². The van der Waals surface area contributed by atoms with E-state index in [-0.39, 0.29) is 5.69 Å². The van der Waals surface area contributed by atoms with Gasteiger partial charge in [0.1, 0.15) is 0 Å². The summed E-state index contributed by atoms with van der Waals surface area (Å²) in [5.41, 5.74) is 1.93. The summed E-state index contributed by atoms with van der Waals surface area (Å²) in [6.45, 7) is 0. The average molecular weight is 225 g/mol. The number of nitriles is 1. The molecule has 0 N–H and O–H groups in total. The van der Waals surface area contributed by atoms with Gasteiger partial charge in [0.25, 0.3) is 5.69 Å². The molecule has 0 unspecified atom stereocenters. The SMILES string of the molecule is N#Cc1ccncc1-c1ccc([N+](=O)[O-])cc1. The molecule has 0 radical (unpaired) electrons. The standard InChI is InChI=1S/C12H7N3O2/c13-7-10-5-6-14-8-12(10)9-1-3-11(4-2-9)15(16)17/h1-6,8H. The van der Waals surface area contributed by atoms with Gasteiger partial charge in [-0.2, -0.15) is 5.26 Å². The number of non-ortho nitro benzene ring substituents is 1. The van der Waals surface area contributed by atoms with Crippen molar-refractivity contribution >= 4 is 5.69 Å². The summed E-state index contributed by atoms with van der Waals surface area (Å²) in [4.78, 5) is 14.0. The minimum atomic E-state index is -0.460. The zero-order valence-electron chi connectivity index (χ0n) is 8.70. The van der Waals surface area contributed by atoms with Gasteiger partial charge in [0, 0.05) is 30.1 Å². The van der Waals surface area contributed by atoms with Crippen molar-refractivity contribution in [1.82, 2.24) is 4.98 Å². The first-order valence-corrected chi connectivity index (χ1v) is 4.81. The Balaban J connectivity index is 2.47. The second-order valence-corrected chi connectivity index (χ2v) is 3.34. The maximum Gasteiger partial charge on any atom is 0.269 e. The number of pyridine rings is 1. The van der Waals surface area contributed by atoms with Crippen molar-refractivity contribution in [2.45, 2.75) is 0 Å². The molecule has 5 nitrogen and oxygen atoms in total. The molecule has 0 bridgehead atoms. The van der Waals surface area contributed by atoms with E-state index < -0.39 is 4.92 Å². The van der Waals surface area contributed by atoms with Crippen LogP contribution in [0.25, 0.3) is 11.1 Å². The number of nitro benzene ring substituents is 1. The first-order chi connectivity index (χ1) is 8.22. The molecule has 17 heavy (non-hydrogen) atoms. The predicted molar refractivity (Wildman–Crippen MR) is 61.0 cm³/mol. The first kappa shape index (κ1) is 10.8. The second-order valence-electron chi connectivity index (χ2n) is 3.34. The van der Waals surface area contributed by atoms with Crippen molar-refractivity contribution in [3.05, 3.63) is 58.4 Å². The lowest BCUT2D eigenvalue weighted by Gasteiger charge is -2.02. The van der Waals surface area contributed by atoms with Crippen LogP contribution in [0.1, 0.15) is 5.56 Å². The smallest absolute Gasteiger partial charge is 0.264 e. The molecule has 0 spiro atoms. The van der Waals surface area contributed by atoms with E-state index in [2.05, 4.69) is 11.1 Å². The molecule has 0 amide bonds. The molecule has 0 saturated heterocycles. The van der Waals surface area contributed by atoms with Crippen molar-refractivity contribution in [2.24, 2.45) is 0 Å². The zero-order valence-corrected chi connectivity index (χ0v) is 8.70. The number of hydrogen-bond donors (Lipinski definition) is 0. The highest BCUT2D eigenvalue weighted by Gasteiger charge is 2.08. The van der Waals surface area contributed by atoms with Gasteiger partial charge in [-0.15, -0.1) is 0 Å². The Morgan fingerprint density at radius 1 is 1.24 bits per heavy atom. The fraction of sp³-hybridized carbons (Fsp3) is 0. The van der Waals surface area contributed by atoms with E-state index in [0.717, 1.165) is 5.56 Å². The van der Waals surface area contributed by atoms with Crippen molar-refractivity contribution in [3.8, 4) is 17.2 Å². The van der Waals surface area contributed by atoms with Gasteiger partial charge in [-0.05, 0) is 23.8 Å². The summed E-state index contributed by atoms with van der Waals surface area (Å²) in [7, 11) is 0. The van der Waals surface area contributed by atoms with E-state index in [1.807, 2.05) is 0 Å². The zero-order chi connectivity index (χ0) is 12.3. The molecule has 1 heterocycles. The molecule has 1 aromatic carbocycles. The van der Waals surface area contributed by atoms with Gasteiger partial charge < -0.3 is 0 Å². The van der Waals surface area contributed by atoms with E-state index in [1.165, 1.54) is 18.3 Å². The summed E-state index contributed by atoms with van der Waals surface area (Å²) >= 11 is 0. The highest BCUT2D eigenvalue weighted by molar-refractivity contribution is 5.70. The third-order valence-corrected chi connectivity index (χ3v) is 2.33. The van der Waals surface area contributed by atoms with Crippen LogP contribution in [0, 0.1) is 21.4 Å². The molecular formula is C12H7N3O2. The van der Waals surface area contributed by atoms with Crippen LogP contribution in [0.3, 0.4) is 0 Å². The van der Waals surface area contributed by atoms with Crippen LogP contribution in [0.15, 0.2) is 42.7 Å². The van der Waals surface area contributed by atoms with Gasteiger partial charge in [-0.1, -0.05) is 0 Å². The molecule has 1 aromatic heterocycles. The fourth-order valence-corrected chi connectivity index (χ4v) is 1.48. The van der Waals surface area contributed by atoms with E-state index >= 15 is 0 Å². The Morgan fingerprint density at radius 2 is 1.94 bits per heavy atom. The number of aromatic nitrogens is 1. The Hall–Kier alpha value is -2.74. The highest BCUT2D eigenvalue weighted by Crippen LogP contribution is 2.24. The molecule has 2 aromatic rings. The third kappa shape index (κ3) is 2.11. The highest BCUT2D eigenvalue weighted by atomic mass is 16.6. The number of hydrogen-bond acceptors (Lipinski definition) is 4. The first-order valence-electron chi connectivity index (χ1n) is 4.81. The van der Waals surface area contributed by atoms with Crippen molar-refractivity contribution in [1.29, 1.82) is 5.26 Å². The number of nitrogens with zero attached hydrogens (tertiary/aromatic N) is 3. The average Bonchev–Trinajstić information content (AvgIpc) is 2.39. The lowest BCUT2D eigenvalue weighted by molar-refractivity contribution is -0.384. The molecule has 0 saturated carbocycles. The van der Waals surface area contributed by atoms with Crippen LogP contribution in [-0.2, 0) is 0 Å². The normalized spacial score (nSPS) is 9.59. The topological polar surface area (TPSA) is 79.8 Å². The van der Waals surface area contributed by atoms with Gasteiger partial charge in [0.05, 0.1) is 16.6 Å². The molecule has 0 aliphatic carbocycles. The number of benzene rings is 1. The summed E-state index contributed by atoms with van der Waals surface area (Å²) in [6, 6.07) is 9.69. The van der Waals surface area contributed by atoms with Crippen molar-refractivity contribution < 1.29 is 4.92 Å². The number of rotatable bonds is 2.